The molecule has 0 aliphatic heterocycles. The van der Waals surface area contributed by atoms with E-state index in [4.69, 9.17) is 5.41 Å². The number of Topliss-reactive ketones (excluding diaryl/α,β-unsaturated/α-hetero) is 1. The Labute approximate surface area is 189 Å². The molecule has 1 aromatic heterocycles. The van der Waals surface area contributed by atoms with Gasteiger partial charge in [-0.15, -0.1) is 0 Å². The van der Waals surface area contributed by atoms with E-state index in [9.17, 15) is 4.79 Å². The third kappa shape index (κ3) is 4.75. The van der Waals surface area contributed by atoms with Gasteiger partial charge in [0, 0.05) is 12.5 Å². The lowest BCUT2D eigenvalue weighted by atomic mass is 9.99. The number of nitrogens with zero attached hydrogens (tertiary/aromatic N) is 2. The van der Waals surface area contributed by atoms with Crippen molar-refractivity contribution in [3.63, 3.8) is 0 Å². The van der Waals surface area contributed by atoms with Crippen LogP contribution in [0.3, 0.4) is 0 Å². The van der Waals surface area contributed by atoms with E-state index >= 15 is 0 Å². The summed E-state index contributed by atoms with van der Waals surface area (Å²) >= 11 is 0. The van der Waals surface area contributed by atoms with Crippen molar-refractivity contribution in [2.45, 2.75) is 52.6 Å². The average Bonchev–Trinajstić information content (AvgIpc) is 3.05. The quantitative estimate of drug-likeness (QED) is 0.384. The van der Waals surface area contributed by atoms with Crippen molar-refractivity contribution in [2.24, 2.45) is 0 Å². The van der Waals surface area contributed by atoms with E-state index in [1.807, 2.05) is 12.1 Å². The smallest absolute Gasteiger partial charge is 0.203 e. The molecule has 0 saturated heterocycles. The Balaban J connectivity index is 1.79. The SMILES string of the molecule is CC(=O)CC[C@@H](Cc1ccc(C)cc1)n1c(=N)n(Cc2ccc(C)cc2)c2ccccc21. The van der Waals surface area contributed by atoms with Crippen molar-refractivity contribution in [1.82, 2.24) is 9.13 Å². The van der Waals surface area contributed by atoms with Gasteiger partial charge in [-0.1, -0.05) is 71.8 Å². The van der Waals surface area contributed by atoms with E-state index in [1.165, 1.54) is 22.3 Å². The first-order chi connectivity index (χ1) is 15.4. The van der Waals surface area contributed by atoms with E-state index in [0.29, 0.717) is 18.6 Å². The summed E-state index contributed by atoms with van der Waals surface area (Å²) in [7, 11) is 0. The number of rotatable bonds is 8. The minimum atomic E-state index is 0.0401. The monoisotopic (exact) mass is 425 g/mol. The first-order valence-electron chi connectivity index (χ1n) is 11.3. The molecule has 4 aromatic rings. The molecule has 1 heterocycles. The topological polar surface area (TPSA) is 50.8 Å². The minimum absolute atomic E-state index is 0.0401. The first kappa shape index (κ1) is 21.8. The lowest BCUT2D eigenvalue weighted by Crippen LogP contribution is -2.29. The first-order valence-corrected chi connectivity index (χ1v) is 11.3. The number of para-hydroxylation sites is 2. The Morgan fingerprint density at radius 1 is 0.844 bits per heavy atom. The summed E-state index contributed by atoms with van der Waals surface area (Å²) in [5.74, 6) is 0.189. The van der Waals surface area contributed by atoms with Crippen molar-refractivity contribution >= 4 is 16.8 Å². The van der Waals surface area contributed by atoms with Crippen molar-refractivity contribution in [1.29, 1.82) is 5.41 Å². The van der Waals surface area contributed by atoms with Crippen LogP contribution in [0.1, 0.15) is 48.1 Å². The highest BCUT2D eigenvalue weighted by Crippen LogP contribution is 2.25. The molecule has 0 aliphatic rings. The Kier molecular flexibility index (Phi) is 6.40. The molecule has 0 aliphatic carbocycles. The van der Waals surface area contributed by atoms with Crippen LogP contribution in [-0.4, -0.2) is 14.9 Å². The number of nitrogens with one attached hydrogen (secondary N) is 1. The molecule has 4 rings (SSSR count). The van der Waals surface area contributed by atoms with Crippen molar-refractivity contribution < 1.29 is 4.79 Å². The van der Waals surface area contributed by atoms with Gasteiger partial charge in [0.25, 0.3) is 0 Å². The number of aryl methyl sites for hydroxylation is 2. The molecule has 0 saturated carbocycles. The lowest BCUT2D eigenvalue weighted by molar-refractivity contribution is -0.117. The van der Waals surface area contributed by atoms with Crippen LogP contribution in [0, 0.1) is 19.3 Å². The maximum atomic E-state index is 11.8. The molecule has 1 atom stereocenters. The van der Waals surface area contributed by atoms with Crippen LogP contribution < -0.4 is 5.62 Å². The van der Waals surface area contributed by atoms with Gasteiger partial charge in [-0.3, -0.25) is 5.41 Å². The second kappa shape index (κ2) is 9.39. The van der Waals surface area contributed by atoms with Crippen molar-refractivity contribution in [3.8, 4) is 0 Å². The van der Waals surface area contributed by atoms with E-state index in [0.717, 1.165) is 23.9 Å². The third-order valence-electron chi connectivity index (χ3n) is 6.16. The molecule has 164 valence electrons. The number of aromatic nitrogens is 2. The molecule has 32 heavy (non-hydrogen) atoms. The van der Waals surface area contributed by atoms with Crippen LogP contribution >= 0.6 is 0 Å². The molecule has 0 bridgehead atoms. The largest absolute Gasteiger partial charge is 0.307 e. The van der Waals surface area contributed by atoms with E-state index in [-0.39, 0.29) is 11.8 Å². The van der Waals surface area contributed by atoms with Crippen LogP contribution in [0.2, 0.25) is 0 Å². The van der Waals surface area contributed by atoms with E-state index in [2.05, 4.69) is 83.6 Å². The number of ketones is 1. The van der Waals surface area contributed by atoms with Gasteiger partial charge in [-0.05, 0) is 56.9 Å². The van der Waals surface area contributed by atoms with Gasteiger partial charge < -0.3 is 13.9 Å². The number of fused-ring (bicyclic) bond motifs is 1. The van der Waals surface area contributed by atoms with E-state index in [1.54, 1.807) is 6.92 Å². The van der Waals surface area contributed by atoms with E-state index < -0.39 is 0 Å². The second-order valence-electron chi connectivity index (χ2n) is 8.84. The van der Waals surface area contributed by atoms with Crippen molar-refractivity contribution in [2.75, 3.05) is 0 Å². The Bertz CT molecular complexity index is 1280. The molecular formula is C28H31N3O. The summed E-state index contributed by atoms with van der Waals surface area (Å²) < 4.78 is 4.21. The summed E-state index contributed by atoms with van der Waals surface area (Å²) in [6.07, 6.45) is 2.03. The van der Waals surface area contributed by atoms with Gasteiger partial charge in [0.05, 0.1) is 17.6 Å². The summed E-state index contributed by atoms with van der Waals surface area (Å²) in [6, 6.07) is 25.4. The van der Waals surface area contributed by atoms with Crippen LogP contribution in [0.4, 0.5) is 0 Å². The number of hydrogen-bond acceptors (Lipinski definition) is 2. The fourth-order valence-corrected chi connectivity index (χ4v) is 4.35. The normalized spacial score (nSPS) is 12.2. The number of carbonyl (C=O) groups excluding carboxylic acids is 1. The van der Waals surface area contributed by atoms with Crippen LogP contribution in [0.15, 0.2) is 72.8 Å². The highest BCUT2D eigenvalue weighted by Gasteiger charge is 2.20. The molecule has 0 amide bonds. The van der Waals surface area contributed by atoms with Crippen LogP contribution in [0.25, 0.3) is 11.0 Å². The third-order valence-corrected chi connectivity index (χ3v) is 6.16. The molecule has 4 nitrogen and oxygen atoms in total. The summed E-state index contributed by atoms with van der Waals surface area (Å²) in [4.78, 5) is 11.8. The molecule has 0 fully saturated rings. The zero-order chi connectivity index (χ0) is 22.7. The highest BCUT2D eigenvalue weighted by molar-refractivity contribution is 5.77. The maximum absolute atomic E-state index is 11.8. The van der Waals surface area contributed by atoms with Gasteiger partial charge in [0.1, 0.15) is 5.78 Å². The van der Waals surface area contributed by atoms with Gasteiger partial charge >= 0.3 is 0 Å². The molecule has 0 radical (unpaired) electrons. The highest BCUT2D eigenvalue weighted by atomic mass is 16.1. The van der Waals surface area contributed by atoms with Gasteiger partial charge in [0.15, 0.2) is 0 Å². The number of benzene rings is 3. The molecule has 1 N–H and O–H groups in total. The Morgan fingerprint density at radius 2 is 1.41 bits per heavy atom. The van der Waals surface area contributed by atoms with Gasteiger partial charge in [-0.2, -0.15) is 0 Å². The summed E-state index contributed by atoms with van der Waals surface area (Å²) in [5, 5.41) is 9.12. The summed E-state index contributed by atoms with van der Waals surface area (Å²) in [5.41, 5.74) is 7.45. The van der Waals surface area contributed by atoms with Crippen LogP contribution in [-0.2, 0) is 17.8 Å². The number of carbonyl (C=O) groups is 1. The van der Waals surface area contributed by atoms with Crippen molar-refractivity contribution in [3.05, 3.63) is 101 Å². The molecule has 3 aromatic carbocycles. The van der Waals surface area contributed by atoms with Gasteiger partial charge in [-0.25, -0.2) is 0 Å². The molecule has 0 unspecified atom stereocenters. The lowest BCUT2D eigenvalue weighted by Gasteiger charge is -2.20. The number of hydrogen-bond donors (Lipinski definition) is 1. The second-order valence-corrected chi connectivity index (χ2v) is 8.84. The fraction of sp³-hybridized carbons (Fsp3) is 0.286. The van der Waals surface area contributed by atoms with Gasteiger partial charge in [0.2, 0.25) is 5.62 Å². The molecule has 0 spiro atoms. The summed E-state index contributed by atoms with van der Waals surface area (Å²) in [6.45, 7) is 6.47. The standard InChI is InChI=1S/C28H31N3O/c1-20-8-13-23(14-9-20)18-25(17-12-22(3)32)31-27-7-5-4-6-26(27)30(28(31)29)19-24-15-10-21(2)11-16-24/h4-11,13-16,25,29H,12,17-19H2,1-3H3/t25-/m0/s1. The molecule has 4 heteroatoms. The average molecular weight is 426 g/mol. The van der Waals surface area contributed by atoms with Crippen LogP contribution in [0.5, 0.6) is 0 Å². The number of imidazole rings is 1. The Hall–Kier alpha value is -3.40. The predicted octanol–water partition coefficient (Wildman–Crippen LogP) is 5.74. The Morgan fingerprint density at radius 3 is 2.00 bits per heavy atom. The predicted molar refractivity (Wildman–Crippen MR) is 130 cm³/mol. The maximum Gasteiger partial charge on any atom is 0.203 e. The zero-order valence-corrected chi connectivity index (χ0v) is 19.1. The zero-order valence-electron chi connectivity index (χ0n) is 19.1. The molecular weight excluding hydrogens is 394 g/mol. The minimum Gasteiger partial charge on any atom is -0.307 e. The fourth-order valence-electron chi connectivity index (χ4n) is 4.35.